The van der Waals surface area contributed by atoms with Crippen LogP contribution in [0.25, 0.3) is 33.6 Å². The van der Waals surface area contributed by atoms with E-state index in [0.717, 1.165) is 53.2 Å². The Morgan fingerprint density at radius 3 is 2.46 bits per heavy atom. The number of H-pyrrole nitrogens is 1. The fourth-order valence-corrected chi connectivity index (χ4v) is 4.85. The predicted octanol–water partition coefficient (Wildman–Crippen LogP) is 6.43. The summed E-state index contributed by atoms with van der Waals surface area (Å²) in [7, 11) is 0. The number of anilines is 1. The van der Waals surface area contributed by atoms with Gasteiger partial charge in [0.1, 0.15) is 5.52 Å². The SMILES string of the molecule is CCCCN(c1nc2ccccc2o1)C(c1ccc(-c2ccccc2-c2nn[nH]n2)cc1)C1CC1. The first kappa shape index (κ1) is 21.5. The van der Waals surface area contributed by atoms with Gasteiger partial charge in [0, 0.05) is 12.1 Å². The lowest BCUT2D eigenvalue weighted by Crippen LogP contribution is -2.31. The highest BCUT2D eigenvalue weighted by molar-refractivity contribution is 5.80. The van der Waals surface area contributed by atoms with Crippen molar-refractivity contribution < 1.29 is 4.42 Å². The number of aromatic nitrogens is 5. The van der Waals surface area contributed by atoms with Gasteiger partial charge in [-0.05, 0) is 59.2 Å². The summed E-state index contributed by atoms with van der Waals surface area (Å²) in [5.41, 5.74) is 6.23. The minimum atomic E-state index is 0.246. The fourth-order valence-electron chi connectivity index (χ4n) is 4.85. The topological polar surface area (TPSA) is 83.7 Å². The average molecular weight is 465 g/mol. The van der Waals surface area contributed by atoms with Crippen molar-refractivity contribution in [2.45, 2.75) is 38.6 Å². The van der Waals surface area contributed by atoms with Crippen LogP contribution in [0.1, 0.15) is 44.2 Å². The lowest BCUT2D eigenvalue weighted by atomic mass is 9.95. The molecule has 0 saturated heterocycles. The molecule has 1 atom stereocenters. The molecule has 35 heavy (non-hydrogen) atoms. The van der Waals surface area contributed by atoms with Crippen molar-refractivity contribution in [1.82, 2.24) is 25.6 Å². The zero-order valence-electron chi connectivity index (χ0n) is 19.8. The summed E-state index contributed by atoms with van der Waals surface area (Å²) in [6, 6.07) is 26.1. The molecule has 5 aromatic rings. The second-order valence-electron chi connectivity index (χ2n) is 9.20. The molecule has 0 spiro atoms. The van der Waals surface area contributed by atoms with Crippen molar-refractivity contribution in [3.05, 3.63) is 78.4 Å². The van der Waals surface area contributed by atoms with Gasteiger partial charge >= 0.3 is 0 Å². The first-order chi connectivity index (χ1) is 17.3. The quantitative estimate of drug-likeness (QED) is 0.270. The van der Waals surface area contributed by atoms with E-state index in [1.54, 1.807) is 0 Å². The van der Waals surface area contributed by atoms with Gasteiger partial charge in [-0.1, -0.05) is 74.0 Å². The Bertz CT molecular complexity index is 1370. The Morgan fingerprint density at radius 1 is 0.971 bits per heavy atom. The lowest BCUT2D eigenvalue weighted by Gasteiger charge is -2.31. The summed E-state index contributed by atoms with van der Waals surface area (Å²) in [5.74, 6) is 1.21. The minimum Gasteiger partial charge on any atom is -0.423 e. The molecule has 3 aromatic carbocycles. The Balaban J connectivity index is 1.36. The van der Waals surface area contributed by atoms with E-state index < -0.39 is 0 Å². The second kappa shape index (κ2) is 9.33. The van der Waals surface area contributed by atoms with E-state index in [2.05, 4.69) is 62.8 Å². The summed E-state index contributed by atoms with van der Waals surface area (Å²) < 4.78 is 6.25. The summed E-state index contributed by atoms with van der Waals surface area (Å²) in [5, 5.41) is 14.6. The molecular formula is C28H28N6O. The number of para-hydroxylation sites is 2. The summed E-state index contributed by atoms with van der Waals surface area (Å²) in [6.45, 7) is 3.15. The zero-order chi connectivity index (χ0) is 23.6. The first-order valence-corrected chi connectivity index (χ1v) is 12.4. The number of nitrogens with zero attached hydrogens (tertiary/aromatic N) is 5. The molecular weight excluding hydrogens is 436 g/mol. The second-order valence-corrected chi connectivity index (χ2v) is 9.20. The maximum Gasteiger partial charge on any atom is 0.298 e. The highest BCUT2D eigenvalue weighted by Gasteiger charge is 2.38. The molecule has 1 unspecified atom stereocenters. The van der Waals surface area contributed by atoms with E-state index in [1.165, 1.54) is 18.4 Å². The lowest BCUT2D eigenvalue weighted by molar-refractivity contribution is 0.479. The Kier molecular flexibility index (Phi) is 5.74. The highest BCUT2D eigenvalue weighted by atomic mass is 16.4. The van der Waals surface area contributed by atoms with Gasteiger partial charge in [-0.2, -0.15) is 10.2 Å². The third-order valence-corrected chi connectivity index (χ3v) is 6.76. The van der Waals surface area contributed by atoms with E-state index in [-0.39, 0.29) is 6.04 Å². The van der Waals surface area contributed by atoms with Crippen LogP contribution < -0.4 is 4.90 Å². The number of unbranched alkanes of at least 4 members (excludes halogenated alkanes) is 1. The molecule has 0 amide bonds. The molecule has 2 aromatic heterocycles. The van der Waals surface area contributed by atoms with Crippen LogP contribution in [0.2, 0.25) is 0 Å². The predicted molar refractivity (Wildman–Crippen MR) is 137 cm³/mol. The van der Waals surface area contributed by atoms with Crippen LogP contribution in [-0.4, -0.2) is 32.2 Å². The Morgan fingerprint density at radius 2 is 1.74 bits per heavy atom. The van der Waals surface area contributed by atoms with Crippen LogP contribution in [0, 0.1) is 5.92 Å². The number of nitrogens with one attached hydrogen (secondary N) is 1. The fraction of sp³-hybridized carbons (Fsp3) is 0.286. The van der Waals surface area contributed by atoms with Crippen molar-refractivity contribution in [3.63, 3.8) is 0 Å². The summed E-state index contributed by atoms with van der Waals surface area (Å²) >= 11 is 0. The molecule has 176 valence electrons. The molecule has 2 heterocycles. The van der Waals surface area contributed by atoms with Gasteiger partial charge in [0.15, 0.2) is 5.58 Å². The molecule has 0 radical (unpaired) electrons. The highest BCUT2D eigenvalue weighted by Crippen LogP contribution is 2.46. The van der Waals surface area contributed by atoms with Gasteiger partial charge in [0.2, 0.25) is 5.82 Å². The molecule has 7 nitrogen and oxygen atoms in total. The maximum absolute atomic E-state index is 6.25. The Labute approximate surface area is 204 Å². The number of hydrogen-bond acceptors (Lipinski definition) is 6. The summed E-state index contributed by atoms with van der Waals surface area (Å²) in [6.07, 6.45) is 4.68. The molecule has 0 bridgehead atoms. The molecule has 1 fully saturated rings. The third-order valence-electron chi connectivity index (χ3n) is 6.76. The smallest absolute Gasteiger partial charge is 0.298 e. The monoisotopic (exact) mass is 464 g/mol. The molecule has 7 heteroatoms. The number of hydrogen-bond donors (Lipinski definition) is 1. The normalized spacial score (nSPS) is 14.3. The van der Waals surface area contributed by atoms with Crippen molar-refractivity contribution in [2.75, 3.05) is 11.4 Å². The van der Waals surface area contributed by atoms with Crippen molar-refractivity contribution in [3.8, 4) is 22.5 Å². The number of tetrazole rings is 1. The molecule has 0 aliphatic heterocycles. The molecule has 1 saturated carbocycles. The van der Waals surface area contributed by atoms with E-state index in [9.17, 15) is 0 Å². The van der Waals surface area contributed by atoms with Crippen LogP contribution in [0.3, 0.4) is 0 Å². The van der Waals surface area contributed by atoms with Crippen molar-refractivity contribution in [2.24, 2.45) is 5.92 Å². The van der Waals surface area contributed by atoms with Crippen molar-refractivity contribution >= 4 is 17.1 Å². The maximum atomic E-state index is 6.25. The van der Waals surface area contributed by atoms with E-state index in [0.29, 0.717) is 11.7 Å². The standard InChI is InChI=1S/C28H28N6O/c1-2-3-18-34(28-29-24-10-6-7-11-25(24)35-28)26(21-16-17-21)20-14-12-19(13-15-20)22-8-4-5-9-23(22)27-30-32-33-31-27/h4-15,21,26H,2-3,16-18H2,1H3,(H,30,31,32,33). The molecule has 6 rings (SSSR count). The molecule has 1 N–H and O–H groups in total. The van der Waals surface area contributed by atoms with Gasteiger partial charge in [-0.3, -0.25) is 0 Å². The third kappa shape index (κ3) is 4.30. The van der Waals surface area contributed by atoms with Crippen molar-refractivity contribution in [1.29, 1.82) is 0 Å². The number of oxazole rings is 1. The zero-order valence-corrected chi connectivity index (χ0v) is 19.8. The van der Waals surface area contributed by atoms with Crippen LogP contribution in [0.4, 0.5) is 6.01 Å². The number of fused-ring (bicyclic) bond motifs is 1. The summed E-state index contributed by atoms with van der Waals surface area (Å²) in [4.78, 5) is 7.26. The van der Waals surface area contributed by atoms with Crippen LogP contribution in [-0.2, 0) is 0 Å². The van der Waals surface area contributed by atoms with Gasteiger partial charge < -0.3 is 9.32 Å². The van der Waals surface area contributed by atoms with E-state index in [1.807, 2.05) is 42.5 Å². The van der Waals surface area contributed by atoms with E-state index in [4.69, 9.17) is 9.40 Å². The van der Waals surface area contributed by atoms with Crippen LogP contribution in [0.5, 0.6) is 0 Å². The minimum absolute atomic E-state index is 0.246. The van der Waals surface area contributed by atoms with E-state index >= 15 is 0 Å². The Hall–Kier alpha value is -4.00. The van der Waals surface area contributed by atoms with Gasteiger partial charge in [0.25, 0.3) is 6.01 Å². The van der Waals surface area contributed by atoms with Gasteiger partial charge in [-0.15, -0.1) is 10.2 Å². The number of benzene rings is 3. The molecule has 1 aliphatic carbocycles. The van der Waals surface area contributed by atoms with Crippen LogP contribution >= 0.6 is 0 Å². The number of aromatic amines is 1. The number of rotatable bonds is 9. The largest absolute Gasteiger partial charge is 0.423 e. The van der Waals surface area contributed by atoms with Gasteiger partial charge in [-0.25, -0.2) is 0 Å². The molecule has 1 aliphatic rings. The average Bonchev–Trinajstić information content (AvgIpc) is 3.40. The van der Waals surface area contributed by atoms with Crippen LogP contribution in [0.15, 0.2) is 77.2 Å². The first-order valence-electron chi connectivity index (χ1n) is 12.4. The van der Waals surface area contributed by atoms with Gasteiger partial charge in [0.05, 0.1) is 6.04 Å².